The lowest BCUT2D eigenvalue weighted by Crippen LogP contribution is -2.45. The molecule has 1 fully saturated rings. The van der Waals surface area contributed by atoms with E-state index in [1.54, 1.807) is 6.20 Å². The number of imidazole rings is 1. The van der Waals surface area contributed by atoms with Gasteiger partial charge in [0, 0.05) is 19.7 Å². The van der Waals surface area contributed by atoms with Gasteiger partial charge in [0.2, 0.25) is 0 Å². The predicted molar refractivity (Wildman–Crippen MR) is 68.9 cm³/mol. The minimum absolute atomic E-state index is 0.116. The van der Waals surface area contributed by atoms with Crippen molar-refractivity contribution >= 4 is 21.8 Å². The van der Waals surface area contributed by atoms with Crippen molar-refractivity contribution in [3.05, 3.63) is 16.6 Å². The van der Waals surface area contributed by atoms with Gasteiger partial charge in [-0.15, -0.1) is 0 Å². The van der Waals surface area contributed by atoms with Gasteiger partial charge in [0.15, 0.2) is 0 Å². The molecule has 0 aliphatic carbocycles. The number of amides is 1. The zero-order valence-corrected chi connectivity index (χ0v) is 11.9. The molecule has 18 heavy (non-hydrogen) atoms. The van der Waals surface area contributed by atoms with Crippen molar-refractivity contribution in [3.63, 3.8) is 0 Å². The summed E-state index contributed by atoms with van der Waals surface area (Å²) < 4.78 is 8.63. The third-order valence-electron chi connectivity index (χ3n) is 3.76. The molecule has 0 N–H and O–H groups in total. The van der Waals surface area contributed by atoms with E-state index in [0.29, 0.717) is 19.1 Å². The molecule has 1 aromatic heterocycles. The minimum Gasteiger partial charge on any atom is -0.368 e. The highest BCUT2D eigenvalue weighted by molar-refractivity contribution is 9.10. The second kappa shape index (κ2) is 4.66. The standard InChI is InChI=1S/C12H16BrN3O2/c1-8-2-5-18-11(8)12(17)15-3-4-16-9(13)6-14-10(16)7-15/h6,8,11H,2-5,7H2,1H3/t8-,11+/m1/s1. The molecule has 1 aromatic rings. The lowest BCUT2D eigenvalue weighted by atomic mass is 10.0. The molecule has 3 rings (SSSR count). The molecule has 6 heteroatoms. The van der Waals surface area contributed by atoms with Crippen LogP contribution in [-0.2, 0) is 22.6 Å². The summed E-state index contributed by atoms with van der Waals surface area (Å²) in [4.78, 5) is 18.6. The minimum atomic E-state index is -0.255. The average Bonchev–Trinajstić information content (AvgIpc) is 2.95. The van der Waals surface area contributed by atoms with Crippen molar-refractivity contribution < 1.29 is 9.53 Å². The second-order valence-electron chi connectivity index (χ2n) is 4.97. The third kappa shape index (κ3) is 1.97. The quantitative estimate of drug-likeness (QED) is 0.787. The number of nitrogens with zero attached hydrogens (tertiary/aromatic N) is 3. The lowest BCUT2D eigenvalue weighted by Gasteiger charge is -2.30. The number of halogens is 1. The largest absolute Gasteiger partial charge is 0.368 e. The molecule has 0 radical (unpaired) electrons. The number of hydrogen-bond acceptors (Lipinski definition) is 3. The van der Waals surface area contributed by atoms with Gasteiger partial charge in [0.05, 0.1) is 12.7 Å². The van der Waals surface area contributed by atoms with Crippen LogP contribution in [0.25, 0.3) is 0 Å². The van der Waals surface area contributed by atoms with E-state index < -0.39 is 0 Å². The van der Waals surface area contributed by atoms with Gasteiger partial charge in [-0.3, -0.25) is 4.79 Å². The Labute approximate surface area is 114 Å². The molecule has 0 aromatic carbocycles. The van der Waals surface area contributed by atoms with Crippen LogP contribution in [0.15, 0.2) is 10.8 Å². The fourth-order valence-electron chi connectivity index (χ4n) is 2.60. The number of carbonyl (C=O) groups excluding carboxylic acids is 1. The summed E-state index contributed by atoms with van der Waals surface area (Å²) in [5, 5.41) is 0. The molecule has 0 spiro atoms. The number of hydrogen-bond donors (Lipinski definition) is 0. The van der Waals surface area contributed by atoms with E-state index in [0.717, 1.165) is 29.9 Å². The summed E-state index contributed by atoms with van der Waals surface area (Å²) in [7, 11) is 0. The molecule has 2 aliphatic rings. The SMILES string of the molecule is C[C@@H]1CCO[C@@H]1C(=O)N1CCn2c(Br)cnc2C1. The Hall–Kier alpha value is -0.880. The highest BCUT2D eigenvalue weighted by atomic mass is 79.9. The first kappa shape index (κ1) is 12.2. The topological polar surface area (TPSA) is 47.4 Å². The maximum Gasteiger partial charge on any atom is 0.252 e. The number of carbonyl (C=O) groups is 1. The van der Waals surface area contributed by atoms with Gasteiger partial charge in [0.25, 0.3) is 5.91 Å². The van der Waals surface area contributed by atoms with Crippen LogP contribution in [-0.4, -0.2) is 39.6 Å². The average molecular weight is 314 g/mol. The van der Waals surface area contributed by atoms with E-state index in [-0.39, 0.29) is 12.0 Å². The fourth-order valence-corrected chi connectivity index (χ4v) is 3.09. The summed E-state index contributed by atoms with van der Waals surface area (Å²) >= 11 is 3.46. The van der Waals surface area contributed by atoms with Crippen LogP contribution in [0.4, 0.5) is 0 Å². The van der Waals surface area contributed by atoms with Crippen molar-refractivity contribution in [1.29, 1.82) is 0 Å². The van der Waals surface area contributed by atoms with Crippen LogP contribution in [0.5, 0.6) is 0 Å². The van der Waals surface area contributed by atoms with Crippen LogP contribution in [0.2, 0.25) is 0 Å². The predicted octanol–water partition coefficient (Wildman–Crippen LogP) is 1.41. The van der Waals surface area contributed by atoms with Crippen LogP contribution in [0.1, 0.15) is 19.2 Å². The molecule has 2 atom stereocenters. The van der Waals surface area contributed by atoms with E-state index in [1.807, 2.05) is 4.90 Å². The van der Waals surface area contributed by atoms with Gasteiger partial charge < -0.3 is 14.2 Å². The summed E-state index contributed by atoms with van der Waals surface area (Å²) in [6.07, 6.45) is 2.51. The lowest BCUT2D eigenvalue weighted by molar-refractivity contribution is -0.144. The normalized spacial score (nSPS) is 27.3. The number of rotatable bonds is 1. The van der Waals surface area contributed by atoms with Crippen molar-refractivity contribution in [2.24, 2.45) is 5.92 Å². The summed E-state index contributed by atoms with van der Waals surface area (Å²) in [6.45, 7) is 4.88. The number of ether oxygens (including phenoxy) is 1. The highest BCUT2D eigenvalue weighted by Gasteiger charge is 2.35. The Morgan fingerprint density at radius 1 is 1.56 bits per heavy atom. The monoisotopic (exact) mass is 313 g/mol. The van der Waals surface area contributed by atoms with Crippen LogP contribution in [0.3, 0.4) is 0 Å². The van der Waals surface area contributed by atoms with Crippen LogP contribution in [0, 0.1) is 5.92 Å². The molecule has 98 valence electrons. The first-order valence-electron chi connectivity index (χ1n) is 6.27. The Morgan fingerprint density at radius 2 is 2.39 bits per heavy atom. The number of fused-ring (bicyclic) bond motifs is 1. The number of aromatic nitrogens is 2. The fraction of sp³-hybridized carbons (Fsp3) is 0.667. The maximum absolute atomic E-state index is 12.4. The Bertz CT molecular complexity index is 474. The van der Waals surface area contributed by atoms with Gasteiger partial charge in [-0.05, 0) is 28.3 Å². The van der Waals surface area contributed by atoms with Crippen molar-refractivity contribution in [2.75, 3.05) is 13.2 Å². The third-order valence-corrected chi connectivity index (χ3v) is 4.39. The molecule has 0 bridgehead atoms. The molecule has 1 saturated heterocycles. The zero-order valence-electron chi connectivity index (χ0n) is 10.3. The van der Waals surface area contributed by atoms with E-state index in [9.17, 15) is 4.79 Å². The summed E-state index contributed by atoms with van der Waals surface area (Å²) in [6, 6.07) is 0. The van der Waals surface area contributed by atoms with E-state index >= 15 is 0 Å². The van der Waals surface area contributed by atoms with Crippen molar-refractivity contribution in [2.45, 2.75) is 32.5 Å². The molecular weight excluding hydrogens is 298 g/mol. The van der Waals surface area contributed by atoms with E-state index in [1.165, 1.54) is 0 Å². The Balaban J connectivity index is 1.74. The van der Waals surface area contributed by atoms with Gasteiger partial charge in [0.1, 0.15) is 16.5 Å². The Kier molecular flexibility index (Phi) is 3.15. The first-order valence-corrected chi connectivity index (χ1v) is 7.06. The van der Waals surface area contributed by atoms with Crippen LogP contribution < -0.4 is 0 Å². The van der Waals surface area contributed by atoms with Crippen molar-refractivity contribution in [1.82, 2.24) is 14.5 Å². The molecule has 0 unspecified atom stereocenters. The summed E-state index contributed by atoms with van der Waals surface area (Å²) in [5.41, 5.74) is 0. The van der Waals surface area contributed by atoms with Gasteiger partial charge in [-0.2, -0.15) is 0 Å². The first-order chi connectivity index (χ1) is 8.66. The smallest absolute Gasteiger partial charge is 0.252 e. The van der Waals surface area contributed by atoms with E-state index in [2.05, 4.69) is 32.4 Å². The molecule has 5 nitrogen and oxygen atoms in total. The molecular formula is C12H16BrN3O2. The Morgan fingerprint density at radius 3 is 3.11 bits per heavy atom. The van der Waals surface area contributed by atoms with Gasteiger partial charge >= 0.3 is 0 Å². The van der Waals surface area contributed by atoms with E-state index in [4.69, 9.17) is 4.74 Å². The molecule has 1 amide bonds. The molecule has 2 aliphatic heterocycles. The second-order valence-corrected chi connectivity index (χ2v) is 5.78. The van der Waals surface area contributed by atoms with Gasteiger partial charge in [-0.1, -0.05) is 6.92 Å². The summed E-state index contributed by atoms with van der Waals surface area (Å²) in [5.74, 6) is 1.38. The maximum atomic E-state index is 12.4. The molecule has 0 saturated carbocycles. The van der Waals surface area contributed by atoms with Crippen LogP contribution >= 0.6 is 15.9 Å². The zero-order chi connectivity index (χ0) is 12.7. The van der Waals surface area contributed by atoms with Crippen molar-refractivity contribution in [3.8, 4) is 0 Å². The van der Waals surface area contributed by atoms with Gasteiger partial charge in [-0.25, -0.2) is 4.98 Å². The molecule has 3 heterocycles. The highest BCUT2D eigenvalue weighted by Crippen LogP contribution is 2.24.